The smallest absolute Gasteiger partial charge is 0.303 e. The minimum absolute atomic E-state index is 0.00689. The number of hydrogen-bond donors (Lipinski definition) is 3. The van der Waals surface area contributed by atoms with Crippen molar-refractivity contribution in [3.8, 4) is 11.5 Å². The standard InChI is InChI=1S/C24H20ClN3O7/c25-13-3-1-2-12-20(13)26-23(33)24(12)19-18(14(27-24)5-7-17(29)30)21(31)28(22(19)32)9-11-4-6-15-16(8-11)35-10-34-15/h1-4,6,8,14,18-19,27H,5,7,9-10H2,(H,26,33)(H,29,30)/t14-,18-,19+,24-/m1/s1. The zero-order valence-corrected chi connectivity index (χ0v) is 19.0. The fraction of sp³-hybridized carbons (Fsp3) is 0.333. The number of fused-ring (bicyclic) bond motifs is 5. The summed E-state index contributed by atoms with van der Waals surface area (Å²) in [6.07, 6.45) is -0.136. The molecule has 35 heavy (non-hydrogen) atoms. The summed E-state index contributed by atoms with van der Waals surface area (Å²) in [7, 11) is 0. The van der Waals surface area contributed by atoms with Gasteiger partial charge < -0.3 is 19.9 Å². The fourth-order valence-corrected chi connectivity index (χ4v) is 5.98. The van der Waals surface area contributed by atoms with Crippen molar-refractivity contribution in [3.05, 3.63) is 52.5 Å². The number of halogens is 1. The molecule has 0 unspecified atom stereocenters. The summed E-state index contributed by atoms with van der Waals surface area (Å²) in [6.45, 7) is 0.0914. The highest BCUT2D eigenvalue weighted by atomic mass is 35.5. The van der Waals surface area contributed by atoms with Crippen LogP contribution in [0.1, 0.15) is 24.0 Å². The van der Waals surface area contributed by atoms with Gasteiger partial charge in [-0.1, -0.05) is 29.8 Å². The van der Waals surface area contributed by atoms with Gasteiger partial charge in [-0.15, -0.1) is 0 Å². The number of hydrogen-bond acceptors (Lipinski definition) is 7. The van der Waals surface area contributed by atoms with E-state index in [1.807, 2.05) is 0 Å². The number of anilines is 1. The first kappa shape index (κ1) is 21.9. The highest BCUT2D eigenvalue weighted by Gasteiger charge is 2.70. The SMILES string of the molecule is O=C(O)CC[C@H]1N[C@@]2(C(=O)Nc3c(Cl)cccc32)[C@@H]2C(=O)N(Cc3ccc4c(c3)OCO4)C(=O)[C@@H]21. The van der Waals surface area contributed by atoms with Crippen molar-refractivity contribution in [2.45, 2.75) is 31.0 Å². The number of nitrogens with one attached hydrogen (secondary N) is 2. The molecule has 0 saturated carbocycles. The molecule has 2 aromatic carbocycles. The number of benzene rings is 2. The number of carboxylic acids is 1. The van der Waals surface area contributed by atoms with E-state index < -0.39 is 47.1 Å². The third kappa shape index (κ3) is 3.06. The lowest BCUT2D eigenvalue weighted by molar-refractivity contribution is -0.144. The number of carboxylic acid groups (broad SMARTS) is 1. The van der Waals surface area contributed by atoms with E-state index in [4.69, 9.17) is 21.1 Å². The maximum Gasteiger partial charge on any atom is 0.303 e. The van der Waals surface area contributed by atoms with E-state index in [0.717, 1.165) is 4.90 Å². The van der Waals surface area contributed by atoms with Crippen LogP contribution in [0, 0.1) is 11.8 Å². The van der Waals surface area contributed by atoms with Crippen molar-refractivity contribution in [1.82, 2.24) is 10.2 Å². The van der Waals surface area contributed by atoms with Crippen LogP contribution in [-0.2, 0) is 31.3 Å². The fourth-order valence-electron chi connectivity index (χ4n) is 5.76. The Morgan fingerprint density at radius 3 is 2.74 bits per heavy atom. The number of ether oxygens (including phenoxy) is 2. The molecule has 1 spiro atoms. The summed E-state index contributed by atoms with van der Waals surface area (Å²) in [4.78, 5) is 53.3. The molecule has 10 nitrogen and oxygen atoms in total. The quantitative estimate of drug-likeness (QED) is 0.533. The topological polar surface area (TPSA) is 134 Å². The minimum Gasteiger partial charge on any atom is -0.481 e. The summed E-state index contributed by atoms with van der Waals surface area (Å²) < 4.78 is 10.7. The molecule has 0 bridgehead atoms. The van der Waals surface area contributed by atoms with Crippen LogP contribution in [0.3, 0.4) is 0 Å². The van der Waals surface area contributed by atoms with Gasteiger partial charge in [0.2, 0.25) is 24.5 Å². The Labute approximate surface area is 204 Å². The number of para-hydroxylation sites is 1. The molecule has 4 aliphatic rings. The molecule has 4 heterocycles. The Morgan fingerprint density at radius 1 is 1.14 bits per heavy atom. The Kier molecular flexibility index (Phi) is 4.81. The second-order valence-corrected chi connectivity index (χ2v) is 9.47. The molecule has 6 rings (SSSR count). The van der Waals surface area contributed by atoms with Gasteiger partial charge >= 0.3 is 5.97 Å². The maximum absolute atomic E-state index is 13.8. The largest absolute Gasteiger partial charge is 0.481 e. The average Bonchev–Trinajstić information content (AvgIpc) is 3.55. The number of likely N-dealkylation sites (tertiary alicyclic amines) is 1. The van der Waals surface area contributed by atoms with Crippen molar-refractivity contribution in [2.24, 2.45) is 11.8 Å². The third-order valence-corrected chi connectivity index (χ3v) is 7.55. The number of imide groups is 1. The molecular formula is C24H20ClN3O7. The predicted molar refractivity (Wildman–Crippen MR) is 121 cm³/mol. The minimum atomic E-state index is -1.52. The van der Waals surface area contributed by atoms with Gasteiger partial charge in [-0.2, -0.15) is 0 Å². The first-order chi connectivity index (χ1) is 16.8. The number of nitrogens with zero attached hydrogens (tertiary/aromatic N) is 1. The van der Waals surface area contributed by atoms with Gasteiger partial charge in [-0.25, -0.2) is 0 Å². The molecule has 2 fully saturated rings. The molecule has 0 aromatic heterocycles. The average molecular weight is 498 g/mol. The molecule has 180 valence electrons. The third-order valence-electron chi connectivity index (χ3n) is 7.24. The van der Waals surface area contributed by atoms with Crippen LogP contribution < -0.4 is 20.1 Å². The Balaban J connectivity index is 1.40. The molecule has 4 aliphatic heterocycles. The second kappa shape index (κ2) is 7.69. The van der Waals surface area contributed by atoms with E-state index in [1.165, 1.54) is 0 Å². The number of carbonyl (C=O) groups excluding carboxylic acids is 3. The molecule has 11 heteroatoms. The zero-order valence-electron chi connectivity index (χ0n) is 18.2. The van der Waals surface area contributed by atoms with Gasteiger partial charge in [0.15, 0.2) is 11.5 Å². The molecular weight excluding hydrogens is 478 g/mol. The monoisotopic (exact) mass is 497 g/mol. The van der Waals surface area contributed by atoms with Gasteiger partial charge in [0, 0.05) is 18.0 Å². The first-order valence-electron chi connectivity index (χ1n) is 11.1. The maximum atomic E-state index is 13.8. The Morgan fingerprint density at radius 2 is 1.94 bits per heavy atom. The normalized spacial score (nSPS) is 28.0. The highest BCUT2D eigenvalue weighted by molar-refractivity contribution is 6.35. The van der Waals surface area contributed by atoms with Gasteiger partial charge in [0.25, 0.3) is 0 Å². The van der Waals surface area contributed by atoms with E-state index in [1.54, 1.807) is 36.4 Å². The van der Waals surface area contributed by atoms with Gasteiger partial charge in [-0.3, -0.25) is 29.4 Å². The molecule has 3 N–H and O–H groups in total. The summed E-state index contributed by atoms with van der Waals surface area (Å²) in [5, 5.41) is 15.5. The van der Waals surface area contributed by atoms with Gasteiger partial charge in [-0.05, 0) is 30.2 Å². The molecule has 0 radical (unpaired) electrons. The van der Waals surface area contributed by atoms with E-state index >= 15 is 0 Å². The van der Waals surface area contributed by atoms with Crippen LogP contribution in [0.2, 0.25) is 5.02 Å². The van der Waals surface area contributed by atoms with Crippen LogP contribution in [0.5, 0.6) is 11.5 Å². The van der Waals surface area contributed by atoms with E-state index in [-0.39, 0.29) is 26.2 Å². The van der Waals surface area contributed by atoms with E-state index in [2.05, 4.69) is 10.6 Å². The predicted octanol–water partition coefficient (Wildman–Crippen LogP) is 1.85. The van der Waals surface area contributed by atoms with Gasteiger partial charge in [0.1, 0.15) is 5.54 Å². The zero-order chi connectivity index (χ0) is 24.5. The number of aliphatic carboxylic acids is 1. The lowest BCUT2D eigenvalue weighted by Crippen LogP contribution is -2.53. The van der Waals surface area contributed by atoms with Crippen molar-refractivity contribution in [1.29, 1.82) is 0 Å². The first-order valence-corrected chi connectivity index (χ1v) is 11.5. The Hall–Kier alpha value is -3.63. The van der Waals surface area contributed by atoms with Crippen molar-refractivity contribution in [2.75, 3.05) is 12.1 Å². The van der Waals surface area contributed by atoms with Crippen LogP contribution in [0.4, 0.5) is 5.69 Å². The van der Waals surface area contributed by atoms with E-state index in [0.29, 0.717) is 33.3 Å². The number of carbonyl (C=O) groups is 4. The summed E-state index contributed by atoms with van der Waals surface area (Å²) in [6, 6.07) is 9.48. The van der Waals surface area contributed by atoms with Gasteiger partial charge in [0.05, 0.1) is 29.1 Å². The van der Waals surface area contributed by atoms with Crippen molar-refractivity contribution in [3.63, 3.8) is 0 Å². The second-order valence-electron chi connectivity index (χ2n) is 9.06. The lowest BCUT2D eigenvalue weighted by atomic mass is 9.76. The molecule has 4 atom stereocenters. The van der Waals surface area contributed by atoms with E-state index in [9.17, 15) is 24.3 Å². The summed E-state index contributed by atoms with van der Waals surface area (Å²) in [5.74, 6) is -3.28. The van der Waals surface area contributed by atoms with Crippen LogP contribution in [-0.4, -0.2) is 46.5 Å². The summed E-state index contributed by atoms with van der Waals surface area (Å²) >= 11 is 6.32. The van der Waals surface area contributed by atoms with Crippen LogP contribution >= 0.6 is 11.6 Å². The van der Waals surface area contributed by atoms with Crippen LogP contribution in [0.15, 0.2) is 36.4 Å². The summed E-state index contributed by atoms with van der Waals surface area (Å²) in [5.41, 5.74) is 0.0109. The molecule has 2 saturated heterocycles. The van der Waals surface area contributed by atoms with Crippen molar-refractivity contribution >= 4 is 41.0 Å². The molecule has 0 aliphatic carbocycles. The highest BCUT2D eigenvalue weighted by Crippen LogP contribution is 2.54. The number of amides is 3. The lowest BCUT2D eigenvalue weighted by Gasteiger charge is -2.29. The van der Waals surface area contributed by atoms with Crippen LogP contribution in [0.25, 0.3) is 0 Å². The van der Waals surface area contributed by atoms with Crippen molar-refractivity contribution < 1.29 is 33.8 Å². The molecule has 2 aromatic rings. The molecule has 3 amide bonds. The number of rotatable bonds is 5. The Bertz CT molecular complexity index is 1310.